The normalized spacial score (nSPS) is 22.4. The van der Waals surface area contributed by atoms with Crippen molar-refractivity contribution in [2.75, 3.05) is 19.9 Å². The molecule has 5 nitrogen and oxygen atoms in total. The van der Waals surface area contributed by atoms with Gasteiger partial charge >= 0.3 is 0 Å². The summed E-state index contributed by atoms with van der Waals surface area (Å²) < 4.78 is 5.22. The van der Waals surface area contributed by atoms with E-state index in [1.54, 1.807) is 30.1 Å². The molecule has 2 rings (SSSR count). The molecule has 0 aliphatic heterocycles. The summed E-state index contributed by atoms with van der Waals surface area (Å²) in [5.41, 5.74) is 6.71. The molecule has 20 heavy (non-hydrogen) atoms. The first-order valence-electron chi connectivity index (χ1n) is 6.93. The van der Waals surface area contributed by atoms with E-state index in [1.807, 2.05) is 0 Å². The molecule has 1 aromatic rings. The second kappa shape index (κ2) is 6.13. The van der Waals surface area contributed by atoms with Gasteiger partial charge in [0.25, 0.3) is 5.91 Å². The van der Waals surface area contributed by atoms with Gasteiger partial charge < -0.3 is 20.5 Å². The van der Waals surface area contributed by atoms with Crippen molar-refractivity contribution in [2.24, 2.45) is 0 Å². The lowest BCUT2D eigenvalue weighted by atomic mass is 9.91. The number of hydrogen-bond acceptors (Lipinski definition) is 4. The van der Waals surface area contributed by atoms with Crippen LogP contribution < -0.4 is 10.5 Å². The number of carbonyl (C=O) groups is 1. The number of methoxy groups -OCH3 is 1. The minimum Gasteiger partial charge on any atom is -0.496 e. The number of rotatable bonds is 3. The van der Waals surface area contributed by atoms with Crippen LogP contribution in [0.5, 0.6) is 5.75 Å². The maximum Gasteiger partial charge on any atom is 0.257 e. The topological polar surface area (TPSA) is 75.8 Å². The van der Waals surface area contributed by atoms with Crippen molar-refractivity contribution in [3.05, 3.63) is 23.8 Å². The van der Waals surface area contributed by atoms with Crippen LogP contribution in [0.4, 0.5) is 5.69 Å². The summed E-state index contributed by atoms with van der Waals surface area (Å²) in [6.45, 7) is 0. The van der Waals surface area contributed by atoms with E-state index in [2.05, 4.69) is 0 Å². The second-order valence-corrected chi connectivity index (χ2v) is 5.29. The van der Waals surface area contributed by atoms with Crippen molar-refractivity contribution in [2.45, 2.75) is 37.8 Å². The Morgan fingerprint density at radius 1 is 1.40 bits per heavy atom. The summed E-state index contributed by atoms with van der Waals surface area (Å²) in [6, 6.07) is 4.87. The fraction of sp³-hybridized carbons (Fsp3) is 0.533. The largest absolute Gasteiger partial charge is 0.496 e. The first kappa shape index (κ1) is 14.7. The average molecular weight is 278 g/mol. The van der Waals surface area contributed by atoms with Crippen molar-refractivity contribution in [1.82, 2.24) is 4.90 Å². The summed E-state index contributed by atoms with van der Waals surface area (Å²) in [5.74, 6) is 0.335. The third-order valence-corrected chi connectivity index (χ3v) is 3.97. The molecular formula is C15H22N2O3. The lowest BCUT2D eigenvalue weighted by molar-refractivity contribution is 0.0266. The summed E-state index contributed by atoms with van der Waals surface area (Å²) in [4.78, 5) is 14.2. The zero-order valence-electron chi connectivity index (χ0n) is 12.0. The van der Waals surface area contributed by atoms with Crippen LogP contribution in [0, 0.1) is 0 Å². The standard InChI is InChI=1S/C15H22N2O3/c1-17(12-5-3-4-6-13(12)18)15(19)11-9-10(16)7-8-14(11)20-2/h7-9,12-13,18H,3-6,16H2,1-2H3. The maximum atomic E-state index is 12.6. The highest BCUT2D eigenvalue weighted by Crippen LogP contribution is 2.27. The first-order chi connectivity index (χ1) is 9.54. The van der Waals surface area contributed by atoms with Gasteiger partial charge in [0, 0.05) is 12.7 Å². The van der Waals surface area contributed by atoms with Gasteiger partial charge in [-0.25, -0.2) is 0 Å². The molecule has 0 saturated heterocycles. The minimum atomic E-state index is -0.454. The van der Waals surface area contributed by atoms with Gasteiger partial charge in [-0.05, 0) is 31.0 Å². The number of carbonyl (C=O) groups excluding carboxylic acids is 1. The zero-order chi connectivity index (χ0) is 14.7. The fourth-order valence-electron chi connectivity index (χ4n) is 2.78. The van der Waals surface area contributed by atoms with Crippen LogP contribution >= 0.6 is 0 Å². The van der Waals surface area contributed by atoms with Crippen molar-refractivity contribution in [3.8, 4) is 5.75 Å². The Kier molecular flexibility index (Phi) is 4.49. The third kappa shape index (κ3) is 2.88. The van der Waals surface area contributed by atoms with E-state index in [1.165, 1.54) is 7.11 Å². The number of likely N-dealkylation sites (N-methyl/N-ethyl adjacent to an activating group) is 1. The Morgan fingerprint density at radius 3 is 2.75 bits per heavy atom. The van der Waals surface area contributed by atoms with Crippen molar-refractivity contribution < 1.29 is 14.6 Å². The lowest BCUT2D eigenvalue weighted by Crippen LogP contribution is -2.46. The van der Waals surface area contributed by atoms with E-state index in [0.29, 0.717) is 17.0 Å². The predicted molar refractivity (Wildman–Crippen MR) is 77.8 cm³/mol. The van der Waals surface area contributed by atoms with E-state index in [9.17, 15) is 9.90 Å². The number of aliphatic hydroxyl groups is 1. The molecule has 110 valence electrons. The number of ether oxygens (including phenoxy) is 1. The predicted octanol–water partition coefficient (Wildman–Crippen LogP) is 1.65. The van der Waals surface area contributed by atoms with Crippen LogP contribution in [-0.2, 0) is 0 Å². The number of aliphatic hydroxyl groups excluding tert-OH is 1. The second-order valence-electron chi connectivity index (χ2n) is 5.29. The number of anilines is 1. The summed E-state index contributed by atoms with van der Waals surface area (Å²) in [6.07, 6.45) is 3.17. The summed E-state index contributed by atoms with van der Waals surface area (Å²) in [7, 11) is 3.25. The quantitative estimate of drug-likeness (QED) is 0.824. The fourth-order valence-corrected chi connectivity index (χ4v) is 2.78. The van der Waals surface area contributed by atoms with Crippen LogP contribution in [0.1, 0.15) is 36.0 Å². The first-order valence-corrected chi connectivity index (χ1v) is 6.93. The van der Waals surface area contributed by atoms with Gasteiger partial charge in [0.05, 0.1) is 24.8 Å². The van der Waals surface area contributed by atoms with Gasteiger partial charge in [-0.15, -0.1) is 0 Å². The number of hydrogen-bond donors (Lipinski definition) is 2. The number of nitrogens with two attached hydrogens (primary N) is 1. The molecule has 1 fully saturated rings. The summed E-state index contributed by atoms with van der Waals surface area (Å²) in [5, 5.41) is 10.1. The Bertz CT molecular complexity index is 490. The van der Waals surface area contributed by atoms with E-state index >= 15 is 0 Å². The molecule has 1 saturated carbocycles. The van der Waals surface area contributed by atoms with Gasteiger partial charge in [0.2, 0.25) is 0 Å². The molecule has 1 aromatic carbocycles. The van der Waals surface area contributed by atoms with Crippen LogP contribution in [0.25, 0.3) is 0 Å². The molecule has 2 unspecified atom stereocenters. The van der Waals surface area contributed by atoms with Crippen molar-refractivity contribution in [3.63, 3.8) is 0 Å². The number of nitrogens with zero attached hydrogens (tertiary/aromatic N) is 1. The van der Waals surface area contributed by atoms with E-state index in [4.69, 9.17) is 10.5 Å². The van der Waals surface area contributed by atoms with Gasteiger partial charge in [0.1, 0.15) is 5.75 Å². The Labute approximate surface area is 119 Å². The maximum absolute atomic E-state index is 12.6. The SMILES string of the molecule is COc1ccc(N)cc1C(=O)N(C)C1CCCCC1O. The molecular weight excluding hydrogens is 256 g/mol. The molecule has 1 aliphatic carbocycles. The van der Waals surface area contributed by atoms with Gasteiger partial charge in [-0.1, -0.05) is 12.8 Å². The van der Waals surface area contributed by atoms with Crippen LogP contribution in [0.15, 0.2) is 18.2 Å². The van der Waals surface area contributed by atoms with Gasteiger partial charge in [-0.2, -0.15) is 0 Å². The van der Waals surface area contributed by atoms with Crippen LogP contribution in [-0.4, -0.2) is 42.2 Å². The molecule has 1 aliphatic rings. The molecule has 0 heterocycles. The molecule has 0 bridgehead atoms. The zero-order valence-corrected chi connectivity index (χ0v) is 12.0. The number of nitrogen functional groups attached to an aromatic ring is 1. The van der Waals surface area contributed by atoms with Crippen LogP contribution in [0.3, 0.4) is 0 Å². The smallest absolute Gasteiger partial charge is 0.257 e. The average Bonchev–Trinajstić information content (AvgIpc) is 2.46. The Morgan fingerprint density at radius 2 is 2.10 bits per heavy atom. The highest BCUT2D eigenvalue weighted by molar-refractivity contribution is 5.97. The number of amides is 1. The number of benzene rings is 1. The van der Waals surface area contributed by atoms with Crippen molar-refractivity contribution >= 4 is 11.6 Å². The molecule has 3 N–H and O–H groups in total. The highest BCUT2D eigenvalue weighted by atomic mass is 16.5. The van der Waals surface area contributed by atoms with Crippen molar-refractivity contribution in [1.29, 1.82) is 0 Å². The van der Waals surface area contributed by atoms with Crippen LogP contribution in [0.2, 0.25) is 0 Å². The molecule has 1 amide bonds. The Hall–Kier alpha value is -1.75. The minimum absolute atomic E-state index is 0.137. The van der Waals surface area contributed by atoms with E-state index in [-0.39, 0.29) is 11.9 Å². The monoisotopic (exact) mass is 278 g/mol. The van der Waals surface area contributed by atoms with Gasteiger partial charge in [-0.3, -0.25) is 4.79 Å². The Balaban J connectivity index is 2.23. The van der Waals surface area contributed by atoms with E-state index in [0.717, 1.165) is 25.7 Å². The van der Waals surface area contributed by atoms with Gasteiger partial charge in [0.15, 0.2) is 0 Å². The molecule has 0 radical (unpaired) electrons. The third-order valence-electron chi connectivity index (χ3n) is 3.97. The molecule has 5 heteroatoms. The molecule has 0 spiro atoms. The lowest BCUT2D eigenvalue weighted by Gasteiger charge is -2.35. The summed E-state index contributed by atoms with van der Waals surface area (Å²) >= 11 is 0. The highest BCUT2D eigenvalue weighted by Gasteiger charge is 2.30. The molecule has 2 atom stereocenters. The van der Waals surface area contributed by atoms with E-state index < -0.39 is 6.10 Å². The molecule has 0 aromatic heterocycles.